The van der Waals surface area contributed by atoms with E-state index < -0.39 is 0 Å². The van der Waals surface area contributed by atoms with E-state index in [0.717, 1.165) is 48.9 Å². The Morgan fingerprint density at radius 3 is 2.79 bits per heavy atom. The van der Waals surface area contributed by atoms with Crippen molar-refractivity contribution in [3.63, 3.8) is 0 Å². The van der Waals surface area contributed by atoms with E-state index in [0.29, 0.717) is 17.3 Å². The number of hydrogen-bond donors (Lipinski definition) is 2. The molecule has 1 aliphatic heterocycles. The van der Waals surface area contributed by atoms with Gasteiger partial charge in [-0.2, -0.15) is 0 Å². The second-order valence-corrected chi connectivity index (χ2v) is 8.14. The van der Waals surface area contributed by atoms with Crippen LogP contribution in [0.4, 0.5) is 0 Å². The lowest BCUT2D eigenvalue weighted by molar-refractivity contribution is -0.420. The number of hydrogen-bond acceptors (Lipinski definition) is 5. The van der Waals surface area contributed by atoms with Gasteiger partial charge in [-0.3, -0.25) is 4.79 Å². The molecule has 7 heteroatoms. The second kappa shape index (κ2) is 7.11. The SMILES string of the molecule is CC1(COc2ccc(CC3S[N+](=O)NC3=O)cc2)CCCC(O)C1. The monoisotopic (exact) mass is 351 g/mol. The first kappa shape index (κ1) is 17.2. The fourth-order valence-electron chi connectivity index (χ4n) is 3.34. The molecule has 0 aromatic heterocycles. The zero-order valence-electron chi connectivity index (χ0n) is 13.7. The van der Waals surface area contributed by atoms with Crippen LogP contribution >= 0.6 is 11.9 Å². The third-order valence-corrected chi connectivity index (χ3v) is 5.61. The van der Waals surface area contributed by atoms with Crippen molar-refractivity contribution in [3.8, 4) is 5.75 Å². The van der Waals surface area contributed by atoms with Gasteiger partial charge in [0.05, 0.1) is 17.6 Å². The Balaban J connectivity index is 1.53. The van der Waals surface area contributed by atoms with Crippen molar-refractivity contribution in [2.24, 2.45) is 5.41 Å². The number of carbonyl (C=O) groups excluding carboxylic acids is 1. The summed E-state index contributed by atoms with van der Waals surface area (Å²) < 4.78 is 6.41. The average molecular weight is 351 g/mol. The Morgan fingerprint density at radius 1 is 1.42 bits per heavy atom. The summed E-state index contributed by atoms with van der Waals surface area (Å²) in [5, 5.41) is 9.46. The Bertz CT molecular complexity index is 622. The molecule has 2 N–H and O–H groups in total. The maximum Gasteiger partial charge on any atom is 0.300 e. The quantitative estimate of drug-likeness (QED) is 0.629. The largest absolute Gasteiger partial charge is 0.493 e. The van der Waals surface area contributed by atoms with Crippen LogP contribution in [0.15, 0.2) is 24.3 Å². The van der Waals surface area contributed by atoms with E-state index in [1.807, 2.05) is 24.3 Å². The van der Waals surface area contributed by atoms with Crippen LogP contribution in [0, 0.1) is 10.3 Å². The minimum Gasteiger partial charge on any atom is -0.493 e. The lowest BCUT2D eigenvalue weighted by atomic mass is 9.75. The minimum atomic E-state index is -0.378. The maximum absolute atomic E-state index is 11.6. The van der Waals surface area contributed by atoms with Crippen molar-refractivity contribution < 1.29 is 18.9 Å². The van der Waals surface area contributed by atoms with Crippen molar-refractivity contribution in [1.82, 2.24) is 5.43 Å². The van der Waals surface area contributed by atoms with Gasteiger partial charge in [0, 0.05) is 5.41 Å². The van der Waals surface area contributed by atoms with Gasteiger partial charge in [-0.1, -0.05) is 30.9 Å². The molecule has 1 amide bonds. The second-order valence-electron chi connectivity index (χ2n) is 7.02. The van der Waals surface area contributed by atoms with Gasteiger partial charge < -0.3 is 9.84 Å². The molecule has 1 aromatic carbocycles. The summed E-state index contributed by atoms with van der Waals surface area (Å²) in [7, 11) is 0. The molecule has 1 aliphatic carbocycles. The predicted molar refractivity (Wildman–Crippen MR) is 91.4 cm³/mol. The lowest BCUT2D eigenvalue weighted by Gasteiger charge is -2.35. The molecule has 2 fully saturated rings. The van der Waals surface area contributed by atoms with Gasteiger partial charge >= 0.3 is 0 Å². The number of ether oxygens (including phenoxy) is 1. The van der Waals surface area contributed by atoms with Crippen LogP contribution in [0.2, 0.25) is 0 Å². The zero-order valence-corrected chi connectivity index (χ0v) is 14.6. The van der Waals surface area contributed by atoms with E-state index in [1.165, 1.54) is 0 Å². The number of benzene rings is 1. The van der Waals surface area contributed by atoms with Crippen molar-refractivity contribution >= 4 is 17.9 Å². The third-order valence-electron chi connectivity index (χ3n) is 4.69. The molecular weight excluding hydrogens is 328 g/mol. The number of nitrogens with zero attached hydrogens (tertiary/aromatic N) is 1. The number of aliphatic hydroxyl groups is 1. The summed E-state index contributed by atoms with van der Waals surface area (Å²) in [6.07, 6.45) is 4.08. The third kappa shape index (κ3) is 4.27. The first-order chi connectivity index (χ1) is 11.4. The maximum atomic E-state index is 11.6. The summed E-state index contributed by atoms with van der Waals surface area (Å²) in [5.41, 5.74) is 3.23. The Labute approximate surface area is 145 Å². The van der Waals surface area contributed by atoms with Crippen LogP contribution in [0.5, 0.6) is 5.75 Å². The molecule has 3 unspecified atom stereocenters. The van der Waals surface area contributed by atoms with Crippen molar-refractivity contribution in [3.05, 3.63) is 34.7 Å². The van der Waals surface area contributed by atoms with Crippen LogP contribution in [-0.2, 0) is 11.2 Å². The van der Waals surface area contributed by atoms with E-state index in [9.17, 15) is 14.8 Å². The highest BCUT2D eigenvalue weighted by atomic mass is 32.2. The zero-order chi connectivity index (χ0) is 17.2. The van der Waals surface area contributed by atoms with Gasteiger partial charge in [0.25, 0.3) is 17.9 Å². The fraction of sp³-hybridized carbons (Fsp3) is 0.588. The van der Waals surface area contributed by atoms with Gasteiger partial charge in [-0.25, -0.2) is 0 Å². The van der Waals surface area contributed by atoms with E-state index in [4.69, 9.17) is 4.74 Å². The number of hydrazine groups is 1. The Hall–Kier alpha value is -1.60. The fourth-order valence-corrected chi connectivity index (χ4v) is 4.13. The van der Waals surface area contributed by atoms with Gasteiger partial charge in [0.15, 0.2) is 5.25 Å². The summed E-state index contributed by atoms with van der Waals surface area (Å²) in [6, 6.07) is 7.64. The first-order valence-corrected chi connectivity index (χ1v) is 9.12. The predicted octanol–water partition coefficient (Wildman–Crippen LogP) is 2.39. The topological polar surface area (TPSA) is 78.6 Å². The molecule has 0 bridgehead atoms. The summed E-state index contributed by atoms with van der Waals surface area (Å²) >= 11 is 0.964. The number of nitroso groups, excluding NO2 is 1. The van der Waals surface area contributed by atoms with Gasteiger partial charge in [-0.15, -0.1) is 0 Å². The summed E-state index contributed by atoms with van der Waals surface area (Å²) in [6.45, 7) is 2.75. The van der Waals surface area contributed by atoms with Crippen molar-refractivity contribution in [2.75, 3.05) is 6.61 Å². The van der Waals surface area contributed by atoms with Crippen molar-refractivity contribution in [2.45, 2.75) is 50.4 Å². The average Bonchev–Trinajstić information content (AvgIpc) is 2.84. The molecule has 3 atom stereocenters. The molecule has 6 nitrogen and oxygen atoms in total. The van der Waals surface area contributed by atoms with E-state index >= 15 is 0 Å². The summed E-state index contributed by atoms with van der Waals surface area (Å²) in [5.74, 6) is 0.535. The number of rotatable bonds is 5. The molecule has 1 aromatic rings. The molecule has 1 saturated heterocycles. The molecule has 3 rings (SSSR count). The van der Waals surface area contributed by atoms with Crippen LogP contribution in [-0.4, -0.2) is 33.2 Å². The van der Waals surface area contributed by atoms with Gasteiger partial charge in [-0.05, 0) is 43.4 Å². The Morgan fingerprint density at radius 2 is 2.17 bits per heavy atom. The van der Waals surface area contributed by atoms with E-state index in [1.54, 1.807) is 0 Å². The number of aliphatic hydroxyl groups excluding tert-OH is 1. The molecule has 1 heterocycles. The minimum absolute atomic E-state index is 0.0203. The summed E-state index contributed by atoms with van der Waals surface area (Å²) in [4.78, 5) is 22.7. The highest BCUT2D eigenvalue weighted by Gasteiger charge is 2.40. The highest BCUT2D eigenvalue weighted by Crippen LogP contribution is 2.36. The standard InChI is InChI=1S/C17H22N2O4S/c1-17(8-2-3-13(20)10-17)11-23-14-6-4-12(5-7-14)9-15-16(21)18-19(22)24-15/h4-7,13,15,20H,2-3,8-11H2,1H3/p+1. The number of carbonyl (C=O) groups is 1. The molecule has 130 valence electrons. The normalized spacial score (nSPS) is 30.2. The van der Waals surface area contributed by atoms with Crippen LogP contribution < -0.4 is 10.2 Å². The van der Waals surface area contributed by atoms with Crippen molar-refractivity contribution in [1.29, 1.82) is 0 Å². The molecule has 0 radical (unpaired) electrons. The van der Waals surface area contributed by atoms with Gasteiger partial charge in [0.2, 0.25) is 4.27 Å². The first-order valence-electron chi connectivity index (χ1n) is 8.28. The number of nitrogens with one attached hydrogen (secondary N) is 1. The molecule has 1 saturated carbocycles. The lowest BCUT2D eigenvalue weighted by Crippen LogP contribution is -2.33. The van der Waals surface area contributed by atoms with E-state index in [2.05, 4.69) is 12.3 Å². The van der Waals surface area contributed by atoms with Crippen LogP contribution in [0.25, 0.3) is 0 Å². The molecule has 24 heavy (non-hydrogen) atoms. The van der Waals surface area contributed by atoms with Crippen LogP contribution in [0.1, 0.15) is 38.2 Å². The molecule has 2 aliphatic rings. The Kier molecular flexibility index (Phi) is 5.10. The van der Waals surface area contributed by atoms with Crippen LogP contribution in [0.3, 0.4) is 0 Å². The smallest absolute Gasteiger partial charge is 0.300 e. The molecule has 0 spiro atoms. The van der Waals surface area contributed by atoms with E-state index in [-0.39, 0.29) is 22.7 Å². The highest BCUT2D eigenvalue weighted by molar-refractivity contribution is 7.95. The number of amides is 1. The molecular formula is C17H23N2O4S+. The van der Waals surface area contributed by atoms with Gasteiger partial charge in [0.1, 0.15) is 5.75 Å².